The zero-order chi connectivity index (χ0) is 15.6. The Morgan fingerprint density at radius 1 is 1.29 bits per heavy atom. The van der Waals surface area contributed by atoms with Crippen molar-refractivity contribution in [2.45, 2.75) is 32.2 Å². The number of rotatable bonds is 5. The van der Waals surface area contributed by atoms with Gasteiger partial charge in [-0.25, -0.2) is 18.1 Å². The van der Waals surface area contributed by atoms with Gasteiger partial charge in [-0.2, -0.15) is 0 Å². The zero-order valence-electron chi connectivity index (χ0n) is 12.4. The maximum absolute atomic E-state index is 12.3. The van der Waals surface area contributed by atoms with E-state index in [1.807, 2.05) is 13.8 Å². The van der Waals surface area contributed by atoms with Crippen LogP contribution in [0.3, 0.4) is 0 Å². The molecule has 1 aromatic heterocycles. The topological polar surface area (TPSA) is 68.3 Å². The van der Waals surface area contributed by atoms with Crippen LogP contribution in [0.25, 0.3) is 0 Å². The molecule has 2 aromatic rings. The fraction of sp³-hybridized carbons (Fsp3) is 0.357. The van der Waals surface area contributed by atoms with Gasteiger partial charge in [0.05, 0.1) is 24.2 Å². The minimum absolute atomic E-state index is 0.202. The second-order valence-corrected chi connectivity index (χ2v) is 7.73. The summed E-state index contributed by atoms with van der Waals surface area (Å²) < 4.78 is 32.4. The van der Waals surface area contributed by atoms with Crippen LogP contribution in [-0.4, -0.2) is 20.5 Å². The van der Waals surface area contributed by atoms with Gasteiger partial charge in [-0.1, -0.05) is 0 Å². The highest BCUT2D eigenvalue weighted by atomic mass is 32.2. The maximum atomic E-state index is 12.3. The summed E-state index contributed by atoms with van der Waals surface area (Å²) in [5.41, 5.74) is 1.59. The van der Waals surface area contributed by atoms with Crippen molar-refractivity contribution in [3.05, 3.63) is 39.3 Å². The van der Waals surface area contributed by atoms with Gasteiger partial charge in [-0.05, 0) is 44.5 Å². The fourth-order valence-electron chi connectivity index (χ4n) is 1.90. The number of methoxy groups -OCH3 is 1. The summed E-state index contributed by atoms with van der Waals surface area (Å²) in [7, 11) is -2.01. The molecular weight excluding hydrogens is 308 g/mol. The number of ether oxygens (including phenoxy) is 1. The van der Waals surface area contributed by atoms with Gasteiger partial charge in [0.1, 0.15) is 10.8 Å². The van der Waals surface area contributed by atoms with Gasteiger partial charge in [0, 0.05) is 4.88 Å². The molecule has 0 atom stereocenters. The van der Waals surface area contributed by atoms with Crippen LogP contribution in [0.15, 0.2) is 23.1 Å². The Morgan fingerprint density at radius 3 is 2.52 bits per heavy atom. The molecule has 0 bridgehead atoms. The third kappa shape index (κ3) is 3.61. The van der Waals surface area contributed by atoms with Crippen LogP contribution in [0.2, 0.25) is 0 Å². The molecule has 114 valence electrons. The van der Waals surface area contributed by atoms with E-state index in [9.17, 15) is 8.42 Å². The van der Waals surface area contributed by atoms with Gasteiger partial charge in [0.15, 0.2) is 0 Å². The first-order valence-electron chi connectivity index (χ1n) is 6.40. The number of sulfonamides is 1. The van der Waals surface area contributed by atoms with Crippen molar-refractivity contribution in [2.24, 2.45) is 0 Å². The van der Waals surface area contributed by atoms with E-state index in [-0.39, 0.29) is 11.4 Å². The zero-order valence-corrected chi connectivity index (χ0v) is 14.1. The van der Waals surface area contributed by atoms with E-state index in [4.69, 9.17) is 4.74 Å². The minimum Gasteiger partial charge on any atom is -0.497 e. The van der Waals surface area contributed by atoms with Gasteiger partial charge in [0.2, 0.25) is 10.0 Å². The highest BCUT2D eigenvalue weighted by Gasteiger charge is 2.17. The lowest BCUT2D eigenvalue weighted by Gasteiger charge is -2.09. The number of benzene rings is 1. The molecule has 0 aliphatic heterocycles. The molecule has 0 saturated heterocycles. The average Bonchev–Trinajstić information content (AvgIpc) is 2.75. The van der Waals surface area contributed by atoms with Crippen molar-refractivity contribution in [2.75, 3.05) is 7.11 Å². The van der Waals surface area contributed by atoms with Gasteiger partial charge < -0.3 is 4.74 Å². The first-order valence-corrected chi connectivity index (χ1v) is 8.70. The molecule has 1 heterocycles. The van der Waals surface area contributed by atoms with Crippen molar-refractivity contribution in [3.63, 3.8) is 0 Å². The number of hydrogen-bond acceptors (Lipinski definition) is 5. The second kappa shape index (κ2) is 6.13. The molecule has 0 unspecified atom stereocenters. The summed E-state index contributed by atoms with van der Waals surface area (Å²) in [5, 5.41) is 0.764. The number of nitrogens with one attached hydrogen (secondary N) is 1. The van der Waals surface area contributed by atoms with E-state index in [1.165, 1.54) is 11.3 Å². The van der Waals surface area contributed by atoms with E-state index in [2.05, 4.69) is 9.71 Å². The van der Waals surface area contributed by atoms with E-state index in [0.717, 1.165) is 15.6 Å². The monoisotopic (exact) mass is 326 g/mol. The van der Waals surface area contributed by atoms with Gasteiger partial charge in [-0.15, -0.1) is 11.3 Å². The number of nitrogens with zero attached hydrogens (tertiary/aromatic N) is 1. The normalized spacial score (nSPS) is 11.6. The molecule has 0 saturated carbocycles. The van der Waals surface area contributed by atoms with Crippen molar-refractivity contribution < 1.29 is 13.2 Å². The molecule has 0 fully saturated rings. The van der Waals surface area contributed by atoms with Crippen molar-refractivity contribution in [1.29, 1.82) is 0 Å². The summed E-state index contributed by atoms with van der Waals surface area (Å²) in [5.74, 6) is 0.637. The van der Waals surface area contributed by atoms with E-state index >= 15 is 0 Å². The average molecular weight is 326 g/mol. The van der Waals surface area contributed by atoms with E-state index in [0.29, 0.717) is 11.3 Å². The third-order valence-corrected chi connectivity index (χ3v) is 5.79. The summed E-state index contributed by atoms with van der Waals surface area (Å²) in [6.45, 7) is 5.83. The van der Waals surface area contributed by atoms with Crippen LogP contribution >= 0.6 is 11.3 Å². The smallest absolute Gasteiger partial charge is 0.241 e. The Bertz CT molecular complexity index is 732. The number of thiazole rings is 1. The molecule has 7 heteroatoms. The highest BCUT2D eigenvalue weighted by Crippen LogP contribution is 2.22. The quantitative estimate of drug-likeness (QED) is 0.917. The lowest BCUT2D eigenvalue weighted by Crippen LogP contribution is -2.24. The van der Waals surface area contributed by atoms with Crippen LogP contribution in [0.4, 0.5) is 0 Å². The predicted molar refractivity (Wildman–Crippen MR) is 83.3 cm³/mol. The number of hydrogen-bond donors (Lipinski definition) is 1. The van der Waals surface area contributed by atoms with Crippen LogP contribution in [-0.2, 0) is 16.6 Å². The lowest BCUT2D eigenvalue weighted by atomic mass is 10.2. The molecule has 1 aromatic carbocycles. The van der Waals surface area contributed by atoms with E-state index < -0.39 is 10.0 Å². The van der Waals surface area contributed by atoms with Gasteiger partial charge in [0.25, 0.3) is 0 Å². The molecular formula is C14H18N2O3S2. The maximum Gasteiger partial charge on any atom is 0.241 e. The molecule has 1 N–H and O–H groups in total. The minimum atomic E-state index is -3.56. The Hall–Kier alpha value is -1.44. The summed E-state index contributed by atoms with van der Waals surface area (Å²) in [4.78, 5) is 5.69. The Labute approximate surface area is 129 Å². The SMILES string of the molecule is COc1ccc(S(=O)(=O)NCc2nc(C)c(C)s2)c(C)c1. The molecule has 0 radical (unpaired) electrons. The third-order valence-electron chi connectivity index (χ3n) is 3.16. The Balaban J connectivity index is 2.18. The summed E-state index contributed by atoms with van der Waals surface area (Å²) >= 11 is 1.50. The number of aryl methyl sites for hydroxylation is 3. The predicted octanol–water partition coefficient (Wildman–Crippen LogP) is 2.56. The first-order chi connectivity index (χ1) is 9.83. The first kappa shape index (κ1) is 15.9. The highest BCUT2D eigenvalue weighted by molar-refractivity contribution is 7.89. The molecule has 0 amide bonds. The van der Waals surface area contributed by atoms with Crippen LogP contribution in [0, 0.1) is 20.8 Å². The Kier molecular flexibility index (Phi) is 4.65. The van der Waals surface area contributed by atoms with E-state index in [1.54, 1.807) is 32.2 Å². The lowest BCUT2D eigenvalue weighted by molar-refractivity contribution is 0.414. The van der Waals surface area contributed by atoms with Crippen LogP contribution in [0.5, 0.6) is 5.75 Å². The van der Waals surface area contributed by atoms with Gasteiger partial charge in [-0.3, -0.25) is 0 Å². The standard InChI is InChI=1S/C14H18N2O3S2/c1-9-7-12(19-4)5-6-13(9)21(17,18)15-8-14-16-10(2)11(3)20-14/h5-7,15H,8H2,1-4H3. The fourth-order valence-corrected chi connectivity index (χ4v) is 4.08. The number of aromatic nitrogens is 1. The second-order valence-electron chi connectivity index (χ2n) is 4.71. The molecule has 5 nitrogen and oxygen atoms in total. The Morgan fingerprint density at radius 2 is 2.00 bits per heavy atom. The van der Waals surface area contributed by atoms with Crippen LogP contribution < -0.4 is 9.46 Å². The van der Waals surface area contributed by atoms with Crippen molar-refractivity contribution in [1.82, 2.24) is 9.71 Å². The summed E-state index contributed by atoms with van der Waals surface area (Å²) in [6.07, 6.45) is 0. The summed E-state index contributed by atoms with van der Waals surface area (Å²) in [6, 6.07) is 4.89. The van der Waals surface area contributed by atoms with Crippen molar-refractivity contribution in [3.8, 4) is 5.75 Å². The molecule has 0 aliphatic rings. The molecule has 0 aliphatic carbocycles. The van der Waals surface area contributed by atoms with Crippen molar-refractivity contribution >= 4 is 21.4 Å². The van der Waals surface area contributed by atoms with Gasteiger partial charge >= 0.3 is 0 Å². The molecule has 21 heavy (non-hydrogen) atoms. The molecule has 2 rings (SSSR count). The van der Waals surface area contributed by atoms with Crippen LogP contribution in [0.1, 0.15) is 21.1 Å². The largest absolute Gasteiger partial charge is 0.497 e. The molecule has 0 spiro atoms.